The molecule has 3 heteroatoms. The lowest BCUT2D eigenvalue weighted by Gasteiger charge is -2.35. The first-order valence-electron chi connectivity index (χ1n) is 7.73. The number of hydrogen-bond acceptors (Lipinski definition) is 2. The molecule has 1 amide bonds. The van der Waals surface area contributed by atoms with Crippen molar-refractivity contribution in [3.05, 3.63) is 0 Å². The molecule has 0 aromatic heterocycles. The van der Waals surface area contributed by atoms with Crippen LogP contribution in [-0.2, 0) is 4.79 Å². The van der Waals surface area contributed by atoms with Crippen LogP contribution in [0.15, 0.2) is 0 Å². The van der Waals surface area contributed by atoms with Crippen molar-refractivity contribution in [1.29, 1.82) is 0 Å². The summed E-state index contributed by atoms with van der Waals surface area (Å²) in [6.07, 6.45) is 9.92. The number of rotatable bonds is 3. The van der Waals surface area contributed by atoms with Gasteiger partial charge in [-0.1, -0.05) is 33.1 Å². The molecular formula is C15H26N2O. The number of amides is 1. The predicted molar refractivity (Wildman–Crippen MR) is 72.1 cm³/mol. The minimum absolute atomic E-state index is 0.128. The number of carbonyl (C=O) groups excluding carboxylic acids is 1. The van der Waals surface area contributed by atoms with Crippen molar-refractivity contribution in [2.75, 3.05) is 0 Å². The Hall–Kier alpha value is -0.570. The molecule has 2 saturated carbocycles. The molecule has 0 radical (unpaired) electrons. The molecule has 1 spiro atoms. The van der Waals surface area contributed by atoms with Crippen LogP contribution in [-0.4, -0.2) is 28.6 Å². The van der Waals surface area contributed by atoms with E-state index in [0.717, 1.165) is 19.3 Å². The van der Waals surface area contributed by atoms with Gasteiger partial charge in [-0.25, -0.2) is 0 Å². The SMILES string of the molecule is CC(C)CC1NC2(CC2)C(=O)N1C1CCCCC1. The highest BCUT2D eigenvalue weighted by Gasteiger charge is 2.60. The van der Waals surface area contributed by atoms with E-state index in [0.29, 0.717) is 24.0 Å². The monoisotopic (exact) mass is 250 g/mol. The lowest BCUT2D eigenvalue weighted by Crippen LogP contribution is -2.46. The standard InChI is InChI=1S/C15H26N2O/c1-11(2)10-13-16-15(8-9-15)14(18)17(13)12-6-4-3-5-7-12/h11-13,16H,3-10H2,1-2H3. The van der Waals surface area contributed by atoms with Gasteiger partial charge < -0.3 is 4.90 Å². The molecule has 1 heterocycles. The van der Waals surface area contributed by atoms with Crippen molar-refractivity contribution in [2.24, 2.45) is 5.92 Å². The van der Waals surface area contributed by atoms with Crippen LogP contribution in [0, 0.1) is 5.92 Å². The normalized spacial score (nSPS) is 31.6. The highest BCUT2D eigenvalue weighted by Crippen LogP contribution is 2.45. The Morgan fingerprint density at radius 2 is 1.94 bits per heavy atom. The Kier molecular flexibility index (Phi) is 3.13. The first-order valence-corrected chi connectivity index (χ1v) is 7.73. The van der Waals surface area contributed by atoms with Crippen LogP contribution in [0.5, 0.6) is 0 Å². The fourth-order valence-corrected chi connectivity index (χ4v) is 3.72. The van der Waals surface area contributed by atoms with Gasteiger partial charge in [0.1, 0.15) is 0 Å². The Morgan fingerprint density at radius 3 is 2.50 bits per heavy atom. The third-order valence-electron chi connectivity index (χ3n) is 4.84. The van der Waals surface area contributed by atoms with E-state index in [1.54, 1.807) is 0 Å². The van der Waals surface area contributed by atoms with Crippen molar-refractivity contribution in [3.8, 4) is 0 Å². The molecule has 1 saturated heterocycles. The molecule has 0 aromatic carbocycles. The lowest BCUT2D eigenvalue weighted by atomic mass is 9.93. The Labute approximate surface area is 110 Å². The van der Waals surface area contributed by atoms with Crippen LogP contribution in [0.25, 0.3) is 0 Å². The van der Waals surface area contributed by atoms with Gasteiger partial charge in [-0.15, -0.1) is 0 Å². The summed E-state index contributed by atoms with van der Waals surface area (Å²) in [4.78, 5) is 14.9. The third-order valence-corrected chi connectivity index (χ3v) is 4.84. The predicted octanol–water partition coefficient (Wildman–Crippen LogP) is 2.66. The molecule has 0 aromatic rings. The average Bonchev–Trinajstić information content (AvgIpc) is 3.05. The van der Waals surface area contributed by atoms with Crippen LogP contribution in [0.2, 0.25) is 0 Å². The summed E-state index contributed by atoms with van der Waals surface area (Å²) in [6.45, 7) is 4.51. The molecule has 0 bridgehead atoms. The summed E-state index contributed by atoms with van der Waals surface area (Å²) >= 11 is 0. The number of carbonyl (C=O) groups is 1. The zero-order valence-electron chi connectivity index (χ0n) is 11.7. The molecule has 18 heavy (non-hydrogen) atoms. The Bertz CT molecular complexity index is 329. The number of nitrogens with zero attached hydrogens (tertiary/aromatic N) is 1. The fraction of sp³-hybridized carbons (Fsp3) is 0.933. The highest BCUT2D eigenvalue weighted by molar-refractivity contribution is 5.92. The van der Waals surface area contributed by atoms with Crippen LogP contribution in [0.4, 0.5) is 0 Å². The zero-order valence-corrected chi connectivity index (χ0v) is 11.7. The molecule has 2 aliphatic carbocycles. The molecule has 1 aliphatic heterocycles. The second-order valence-corrected chi connectivity index (χ2v) is 6.88. The first-order chi connectivity index (χ1) is 8.62. The van der Waals surface area contributed by atoms with Gasteiger partial charge in [0.25, 0.3) is 0 Å². The van der Waals surface area contributed by atoms with Crippen molar-refractivity contribution in [3.63, 3.8) is 0 Å². The van der Waals surface area contributed by atoms with E-state index in [4.69, 9.17) is 0 Å². The lowest BCUT2D eigenvalue weighted by molar-refractivity contribution is -0.133. The van der Waals surface area contributed by atoms with Gasteiger partial charge >= 0.3 is 0 Å². The quantitative estimate of drug-likeness (QED) is 0.835. The van der Waals surface area contributed by atoms with Crippen molar-refractivity contribution in [1.82, 2.24) is 10.2 Å². The zero-order chi connectivity index (χ0) is 12.8. The van der Waals surface area contributed by atoms with Gasteiger partial charge in [0.15, 0.2) is 0 Å². The van der Waals surface area contributed by atoms with Gasteiger partial charge in [-0.2, -0.15) is 0 Å². The maximum atomic E-state index is 12.6. The fourth-order valence-electron chi connectivity index (χ4n) is 3.72. The van der Waals surface area contributed by atoms with E-state index in [2.05, 4.69) is 24.1 Å². The van der Waals surface area contributed by atoms with Crippen LogP contribution in [0.1, 0.15) is 65.2 Å². The van der Waals surface area contributed by atoms with Gasteiger partial charge in [0.05, 0.1) is 11.7 Å². The number of hydrogen-bond donors (Lipinski definition) is 1. The molecule has 1 unspecified atom stereocenters. The first kappa shape index (κ1) is 12.5. The second kappa shape index (κ2) is 4.52. The number of nitrogens with one attached hydrogen (secondary N) is 1. The van der Waals surface area contributed by atoms with Crippen molar-refractivity contribution in [2.45, 2.75) is 83.0 Å². The Morgan fingerprint density at radius 1 is 1.28 bits per heavy atom. The summed E-state index contributed by atoms with van der Waals surface area (Å²) in [5, 5.41) is 3.65. The summed E-state index contributed by atoms with van der Waals surface area (Å²) in [5.41, 5.74) is -0.128. The minimum Gasteiger partial charge on any atom is -0.323 e. The maximum absolute atomic E-state index is 12.6. The van der Waals surface area contributed by atoms with Gasteiger partial charge in [0.2, 0.25) is 5.91 Å². The third kappa shape index (κ3) is 2.07. The summed E-state index contributed by atoms with van der Waals surface area (Å²) in [5.74, 6) is 1.07. The Balaban J connectivity index is 1.76. The molecule has 3 aliphatic rings. The van der Waals surface area contributed by atoms with Crippen LogP contribution in [0.3, 0.4) is 0 Å². The topological polar surface area (TPSA) is 32.3 Å². The van der Waals surface area contributed by atoms with E-state index in [-0.39, 0.29) is 5.54 Å². The molecule has 3 fully saturated rings. The van der Waals surface area contributed by atoms with E-state index in [1.165, 1.54) is 32.1 Å². The van der Waals surface area contributed by atoms with Crippen molar-refractivity contribution < 1.29 is 4.79 Å². The molecular weight excluding hydrogens is 224 g/mol. The molecule has 1 N–H and O–H groups in total. The van der Waals surface area contributed by atoms with E-state index < -0.39 is 0 Å². The smallest absolute Gasteiger partial charge is 0.244 e. The molecule has 102 valence electrons. The summed E-state index contributed by atoms with van der Waals surface area (Å²) in [7, 11) is 0. The van der Waals surface area contributed by atoms with Crippen LogP contribution >= 0.6 is 0 Å². The summed E-state index contributed by atoms with van der Waals surface area (Å²) in [6, 6.07) is 0.516. The molecule has 3 rings (SSSR count). The van der Waals surface area contributed by atoms with Crippen LogP contribution < -0.4 is 5.32 Å². The second-order valence-electron chi connectivity index (χ2n) is 6.88. The minimum atomic E-state index is -0.128. The van der Waals surface area contributed by atoms with Gasteiger partial charge in [-0.05, 0) is 38.0 Å². The van der Waals surface area contributed by atoms with Crippen molar-refractivity contribution >= 4 is 5.91 Å². The van der Waals surface area contributed by atoms with E-state index >= 15 is 0 Å². The summed E-state index contributed by atoms with van der Waals surface area (Å²) < 4.78 is 0. The highest BCUT2D eigenvalue weighted by atomic mass is 16.2. The maximum Gasteiger partial charge on any atom is 0.244 e. The average molecular weight is 250 g/mol. The largest absolute Gasteiger partial charge is 0.323 e. The van der Waals surface area contributed by atoms with Gasteiger partial charge in [-0.3, -0.25) is 10.1 Å². The van der Waals surface area contributed by atoms with E-state index in [1.807, 2.05) is 0 Å². The van der Waals surface area contributed by atoms with Gasteiger partial charge in [0, 0.05) is 6.04 Å². The molecule has 1 atom stereocenters. The molecule has 3 nitrogen and oxygen atoms in total. The van der Waals surface area contributed by atoms with E-state index in [9.17, 15) is 4.79 Å².